The molecule has 1 heterocycles. The number of nitro benzene ring substituents is 1. The van der Waals surface area contributed by atoms with Crippen LogP contribution < -0.4 is 0 Å². The number of hydrogen-bond donors (Lipinski definition) is 1. The number of hydrogen-bond acceptors (Lipinski definition) is 4. The van der Waals surface area contributed by atoms with Gasteiger partial charge in [0.25, 0.3) is 5.69 Å². The van der Waals surface area contributed by atoms with Crippen molar-refractivity contribution in [2.24, 2.45) is 0 Å². The smallest absolute Gasteiger partial charge is 0.337 e. The fourth-order valence-corrected chi connectivity index (χ4v) is 2.15. The van der Waals surface area contributed by atoms with Crippen molar-refractivity contribution >= 4 is 22.6 Å². The van der Waals surface area contributed by atoms with E-state index in [1.165, 1.54) is 29.1 Å². The van der Waals surface area contributed by atoms with E-state index in [0.29, 0.717) is 16.6 Å². The lowest BCUT2D eigenvalue weighted by atomic mass is 10.1. The zero-order valence-electron chi connectivity index (χ0n) is 10.6. The second kappa shape index (κ2) is 4.71. The Labute approximate surface area is 118 Å². The molecule has 0 bridgehead atoms. The minimum absolute atomic E-state index is 0.0722. The zero-order chi connectivity index (χ0) is 15.0. The predicted molar refractivity (Wildman–Crippen MR) is 74.7 cm³/mol. The van der Waals surface area contributed by atoms with Gasteiger partial charge >= 0.3 is 5.97 Å². The van der Waals surface area contributed by atoms with Crippen LogP contribution >= 0.6 is 0 Å². The van der Waals surface area contributed by atoms with Gasteiger partial charge in [-0.1, -0.05) is 12.1 Å². The molecule has 7 heteroatoms. The van der Waals surface area contributed by atoms with Gasteiger partial charge in [0.15, 0.2) is 0 Å². The SMILES string of the molecule is O=C(O)c1ccccc1-n1ncc2ccc([N+](=O)[O-])cc21. The standard InChI is InChI=1S/C14H9N3O4/c18-14(19)11-3-1-2-4-12(11)16-13-7-10(17(20)21)6-5-9(13)8-15-16/h1-8H,(H,18,19). The third kappa shape index (κ3) is 2.10. The summed E-state index contributed by atoms with van der Waals surface area (Å²) in [5, 5.41) is 24.9. The lowest BCUT2D eigenvalue weighted by Gasteiger charge is -2.07. The number of nitro groups is 1. The fraction of sp³-hybridized carbons (Fsp3) is 0. The van der Waals surface area contributed by atoms with E-state index in [9.17, 15) is 20.0 Å². The van der Waals surface area contributed by atoms with Crippen LogP contribution in [0.15, 0.2) is 48.7 Å². The third-order valence-corrected chi connectivity index (χ3v) is 3.13. The van der Waals surface area contributed by atoms with Gasteiger partial charge in [-0.3, -0.25) is 10.1 Å². The van der Waals surface area contributed by atoms with Gasteiger partial charge in [0.2, 0.25) is 0 Å². The molecule has 21 heavy (non-hydrogen) atoms. The highest BCUT2D eigenvalue weighted by atomic mass is 16.6. The quantitative estimate of drug-likeness (QED) is 0.588. The molecule has 0 fully saturated rings. The minimum Gasteiger partial charge on any atom is -0.478 e. The molecule has 0 aliphatic rings. The molecule has 0 aliphatic heterocycles. The second-order valence-corrected chi connectivity index (χ2v) is 4.38. The number of aromatic nitrogens is 2. The van der Waals surface area contributed by atoms with E-state index in [1.54, 1.807) is 24.3 Å². The van der Waals surface area contributed by atoms with Crippen LogP contribution in [0, 0.1) is 10.1 Å². The summed E-state index contributed by atoms with van der Waals surface area (Å²) < 4.78 is 1.39. The summed E-state index contributed by atoms with van der Waals surface area (Å²) in [5.41, 5.74) is 0.851. The van der Waals surface area contributed by atoms with Crippen LogP contribution in [0.1, 0.15) is 10.4 Å². The number of non-ortho nitro benzene ring substituents is 1. The first kappa shape index (κ1) is 12.8. The monoisotopic (exact) mass is 283 g/mol. The molecule has 0 saturated carbocycles. The highest BCUT2D eigenvalue weighted by Crippen LogP contribution is 2.24. The van der Waals surface area contributed by atoms with Crippen LogP contribution in [-0.4, -0.2) is 25.8 Å². The molecule has 0 radical (unpaired) electrons. The Morgan fingerprint density at radius 3 is 2.71 bits per heavy atom. The molecule has 0 spiro atoms. The molecule has 1 aromatic heterocycles. The summed E-state index contributed by atoms with van der Waals surface area (Å²) in [7, 11) is 0. The van der Waals surface area contributed by atoms with Gasteiger partial charge in [0.05, 0.1) is 27.9 Å². The summed E-state index contributed by atoms with van der Waals surface area (Å²) in [6.07, 6.45) is 1.54. The van der Waals surface area contributed by atoms with Gasteiger partial charge in [-0.05, 0) is 18.2 Å². The van der Waals surface area contributed by atoms with Crippen molar-refractivity contribution in [3.8, 4) is 5.69 Å². The number of para-hydroxylation sites is 1. The fourth-order valence-electron chi connectivity index (χ4n) is 2.15. The maximum absolute atomic E-state index is 11.3. The Morgan fingerprint density at radius 2 is 2.00 bits per heavy atom. The normalized spacial score (nSPS) is 10.7. The Bertz CT molecular complexity index is 870. The molecular weight excluding hydrogens is 274 g/mol. The molecule has 0 atom stereocenters. The molecule has 2 aromatic carbocycles. The number of benzene rings is 2. The average molecular weight is 283 g/mol. The van der Waals surface area contributed by atoms with E-state index in [1.807, 2.05) is 0 Å². The summed E-state index contributed by atoms with van der Waals surface area (Å²) in [4.78, 5) is 21.6. The average Bonchev–Trinajstić information content (AvgIpc) is 2.89. The van der Waals surface area contributed by atoms with E-state index in [0.717, 1.165) is 0 Å². The van der Waals surface area contributed by atoms with Gasteiger partial charge in [-0.25, -0.2) is 9.48 Å². The molecule has 3 aromatic rings. The van der Waals surface area contributed by atoms with Crippen LogP contribution in [0.5, 0.6) is 0 Å². The molecule has 3 rings (SSSR count). The summed E-state index contributed by atoms with van der Waals surface area (Å²) >= 11 is 0. The van der Waals surface area contributed by atoms with E-state index < -0.39 is 10.9 Å². The highest BCUT2D eigenvalue weighted by molar-refractivity contribution is 5.93. The number of carboxylic acids is 1. The van der Waals surface area contributed by atoms with E-state index in [4.69, 9.17) is 0 Å². The largest absolute Gasteiger partial charge is 0.478 e. The lowest BCUT2D eigenvalue weighted by molar-refractivity contribution is -0.384. The van der Waals surface area contributed by atoms with Crippen molar-refractivity contribution in [3.05, 3.63) is 64.3 Å². The molecule has 0 saturated heterocycles. The molecule has 0 amide bonds. The summed E-state index contributed by atoms with van der Waals surface area (Å²) in [6, 6.07) is 10.7. The molecule has 1 N–H and O–H groups in total. The molecule has 0 unspecified atom stereocenters. The van der Waals surface area contributed by atoms with Gasteiger partial charge < -0.3 is 5.11 Å². The van der Waals surface area contributed by atoms with Gasteiger partial charge in [-0.15, -0.1) is 0 Å². The van der Waals surface area contributed by atoms with Gasteiger partial charge in [0, 0.05) is 17.5 Å². The van der Waals surface area contributed by atoms with E-state index >= 15 is 0 Å². The van der Waals surface area contributed by atoms with Crippen molar-refractivity contribution < 1.29 is 14.8 Å². The van der Waals surface area contributed by atoms with Crippen molar-refractivity contribution in [1.82, 2.24) is 9.78 Å². The zero-order valence-corrected chi connectivity index (χ0v) is 10.6. The van der Waals surface area contributed by atoms with Crippen LogP contribution in [0.4, 0.5) is 5.69 Å². The van der Waals surface area contributed by atoms with Crippen molar-refractivity contribution in [2.45, 2.75) is 0 Å². The number of carbonyl (C=O) groups is 1. The van der Waals surface area contributed by atoms with E-state index in [2.05, 4.69) is 5.10 Å². The molecule has 0 aliphatic carbocycles. The van der Waals surface area contributed by atoms with E-state index in [-0.39, 0.29) is 11.3 Å². The Morgan fingerprint density at radius 1 is 1.24 bits per heavy atom. The summed E-state index contributed by atoms with van der Waals surface area (Å²) in [5.74, 6) is -1.08. The third-order valence-electron chi connectivity index (χ3n) is 3.13. The Hall–Kier alpha value is -3.22. The number of fused-ring (bicyclic) bond motifs is 1. The molecular formula is C14H9N3O4. The van der Waals surface area contributed by atoms with Gasteiger partial charge in [-0.2, -0.15) is 5.10 Å². The first-order valence-corrected chi connectivity index (χ1v) is 6.03. The number of nitrogens with zero attached hydrogens (tertiary/aromatic N) is 3. The Kier molecular flexibility index (Phi) is 2.87. The number of carboxylic acid groups (broad SMARTS) is 1. The second-order valence-electron chi connectivity index (χ2n) is 4.38. The first-order valence-electron chi connectivity index (χ1n) is 6.03. The highest BCUT2D eigenvalue weighted by Gasteiger charge is 2.15. The first-order chi connectivity index (χ1) is 10.1. The maximum atomic E-state index is 11.3. The maximum Gasteiger partial charge on any atom is 0.337 e. The van der Waals surface area contributed by atoms with Crippen molar-refractivity contribution in [1.29, 1.82) is 0 Å². The molecule has 7 nitrogen and oxygen atoms in total. The van der Waals surface area contributed by atoms with Crippen LogP contribution in [0.2, 0.25) is 0 Å². The van der Waals surface area contributed by atoms with Gasteiger partial charge in [0.1, 0.15) is 0 Å². The summed E-state index contributed by atoms with van der Waals surface area (Å²) in [6.45, 7) is 0. The number of aromatic carboxylic acids is 1. The lowest BCUT2D eigenvalue weighted by Crippen LogP contribution is -2.06. The Balaban J connectivity index is 2.28. The topological polar surface area (TPSA) is 98.3 Å². The van der Waals surface area contributed by atoms with Crippen molar-refractivity contribution in [3.63, 3.8) is 0 Å². The van der Waals surface area contributed by atoms with Crippen LogP contribution in [-0.2, 0) is 0 Å². The van der Waals surface area contributed by atoms with Crippen LogP contribution in [0.3, 0.4) is 0 Å². The van der Waals surface area contributed by atoms with Crippen LogP contribution in [0.25, 0.3) is 16.6 Å². The predicted octanol–water partition coefficient (Wildman–Crippen LogP) is 2.63. The number of rotatable bonds is 3. The molecule has 104 valence electrons. The minimum atomic E-state index is -1.08. The van der Waals surface area contributed by atoms with Crippen molar-refractivity contribution in [2.75, 3.05) is 0 Å².